The molecule has 0 bridgehead atoms. The summed E-state index contributed by atoms with van der Waals surface area (Å²) in [7, 11) is 0. The lowest BCUT2D eigenvalue weighted by molar-refractivity contribution is -0.385. The number of hydrogen-bond acceptors (Lipinski definition) is 5. The lowest BCUT2D eigenvalue weighted by Gasteiger charge is -2.30. The number of rotatable bonds is 4. The molecule has 3 rings (SSSR count). The van der Waals surface area contributed by atoms with E-state index in [4.69, 9.17) is 5.73 Å². The van der Waals surface area contributed by atoms with Crippen molar-refractivity contribution in [2.75, 3.05) is 6.54 Å². The standard InChI is InChI=1S/C19H26N4O4/c1-12-11-13(4-9-16(12)23(26)27)19(25)22-10-2-3-17(22)18(24)21-15-7-5-14(20)6-8-15/h4,9,11,14-15,17H,2-3,5-8,10,20H2,1H3,(H,21,24). The number of nitro groups is 1. The van der Waals surface area contributed by atoms with E-state index in [9.17, 15) is 19.7 Å². The first-order chi connectivity index (χ1) is 12.9. The summed E-state index contributed by atoms with van der Waals surface area (Å²) in [5.41, 5.74) is 6.71. The molecule has 1 aliphatic heterocycles. The van der Waals surface area contributed by atoms with Gasteiger partial charge in [-0.3, -0.25) is 19.7 Å². The number of carbonyl (C=O) groups excluding carboxylic acids is 2. The van der Waals surface area contributed by atoms with E-state index in [1.54, 1.807) is 11.8 Å². The molecule has 2 aliphatic rings. The molecular formula is C19H26N4O4. The van der Waals surface area contributed by atoms with Crippen LogP contribution in [0.3, 0.4) is 0 Å². The third kappa shape index (κ3) is 4.27. The molecule has 3 N–H and O–H groups in total. The van der Waals surface area contributed by atoms with Crippen LogP contribution in [0.1, 0.15) is 54.4 Å². The number of nitro benzene ring substituents is 1. The number of hydrogen-bond donors (Lipinski definition) is 2. The van der Waals surface area contributed by atoms with Gasteiger partial charge in [0.05, 0.1) is 4.92 Å². The van der Waals surface area contributed by atoms with Crippen LogP contribution < -0.4 is 11.1 Å². The van der Waals surface area contributed by atoms with Crippen LogP contribution in [0, 0.1) is 17.0 Å². The Morgan fingerprint density at radius 1 is 1.22 bits per heavy atom. The van der Waals surface area contributed by atoms with E-state index < -0.39 is 11.0 Å². The molecule has 1 saturated carbocycles. The van der Waals surface area contributed by atoms with E-state index in [2.05, 4.69) is 5.32 Å². The molecule has 8 nitrogen and oxygen atoms in total. The maximum absolute atomic E-state index is 12.9. The number of aryl methyl sites for hydroxylation is 1. The van der Waals surface area contributed by atoms with Crippen molar-refractivity contribution < 1.29 is 14.5 Å². The van der Waals surface area contributed by atoms with Gasteiger partial charge >= 0.3 is 0 Å². The van der Waals surface area contributed by atoms with Crippen LogP contribution in [0.5, 0.6) is 0 Å². The normalized spacial score (nSPS) is 25.3. The van der Waals surface area contributed by atoms with Gasteiger partial charge in [-0.05, 0) is 57.6 Å². The van der Waals surface area contributed by atoms with Gasteiger partial charge < -0.3 is 16.0 Å². The number of nitrogens with one attached hydrogen (secondary N) is 1. The molecule has 2 fully saturated rings. The summed E-state index contributed by atoms with van der Waals surface area (Å²) < 4.78 is 0. The molecule has 1 aromatic carbocycles. The first kappa shape index (κ1) is 19.3. The SMILES string of the molecule is Cc1cc(C(=O)N2CCCC2C(=O)NC2CCC(N)CC2)ccc1[N+](=O)[O-]. The zero-order valence-corrected chi connectivity index (χ0v) is 15.5. The fourth-order valence-electron chi connectivity index (χ4n) is 4.00. The summed E-state index contributed by atoms with van der Waals surface area (Å²) in [6.07, 6.45) is 4.95. The van der Waals surface area contributed by atoms with Crippen LogP contribution in [0.15, 0.2) is 18.2 Å². The largest absolute Gasteiger partial charge is 0.352 e. The summed E-state index contributed by atoms with van der Waals surface area (Å²) >= 11 is 0. The Balaban J connectivity index is 1.68. The highest BCUT2D eigenvalue weighted by Crippen LogP contribution is 2.25. The first-order valence-corrected chi connectivity index (χ1v) is 9.48. The predicted octanol–water partition coefficient (Wildman–Crippen LogP) is 1.89. The summed E-state index contributed by atoms with van der Waals surface area (Å²) in [5, 5.41) is 14.0. The molecule has 1 aromatic rings. The maximum atomic E-state index is 12.9. The van der Waals surface area contributed by atoms with Gasteiger partial charge in [-0.1, -0.05) is 0 Å². The molecule has 27 heavy (non-hydrogen) atoms. The highest BCUT2D eigenvalue weighted by atomic mass is 16.6. The predicted molar refractivity (Wildman–Crippen MR) is 100 cm³/mol. The maximum Gasteiger partial charge on any atom is 0.272 e. The Morgan fingerprint density at radius 3 is 2.56 bits per heavy atom. The number of nitrogens with zero attached hydrogens (tertiary/aromatic N) is 2. The van der Waals surface area contributed by atoms with Crippen molar-refractivity contribution in [3.8, 4) is 0 Å². The molecule has 1 unspecified atom stereocenters. The van der Waals surface area contributed by atoms with E-state index in [1.165, 1.54) is 18.2 Å². The Kier molecular flexibility index (Phi) is 5.74. The third-order valence-corrected chi connectivity index (χ3v) is 5.57. The van der Waals surface area contributed by atoms with E-state index in [0.29, 0.717) is 24.1 Å². The highest BCUT2D eigenvalue weighted by Gasteiger charge is 2.36. The zero-order chi connectivity index (χ0) is 19.6. The van der Waals surface area contributed by atoms with Gasteiger partial charge in [0, 0.05) is 35.8 Å². The number of nitrogens with two attached hydrogens (primary N) is 1. The molecule has 1 aliphatic carbocycles. The van der Waals surface area contributed by atoms with E-state index in [1.807, 2.05) is 0 Å². The van der Waals surface area contributed by atoms with E-state index in [0.717, 1.165) is 32.1 Å². The summed E-state index contributed by atoms with van der Waals surface area (Å²) in [6.45, 7) is 2.12. The first-order valence-electron chi connectivity index (χ1n) is 9.48. The van der Waals surface area contributed by atoms with Crippen molar-refractivity contribution in [1.29, 1.82) is 0 Å². The minimum Gasteiger partial charge on any atom is -0.352 e. The van der Waals surface area contributed by atoms with Gasteiger partial charge in [-0.25, -0.2) is 0 Å². The monoisotopic (exact) mass is 374 g/mol. The molecule has 1 saturated heterocycles. The number of benzene rings is 1. The second-order valence-corrected chi connectivity index (χ2v) is 7.54. The van der Waals surface area contributed by atoms with Crippen molar-refractivity contribution >= 4 is 17.5 Å². The van der Waals surface area contributed by atoms with Gasteiger partial charge in [0.25, 0.3) is 11.6 Å². The summed E-state index contributed by atoms with van der Waals surface area (Å²) in [4.78, 5) is 37.7. The molecule has 0 spiro atoms. The smallest absolute Gasteiger partial charge is 0.272 e. The van der Waals surface area contributed by atoms with Crippen molar-refractivity contribution in [2.24, 2.45) is 5.73 Å². The zero-order valence-electron chi connectivity index (χ0n) is 15.5. The van der Waals surface area contributed by atoms with Crippen molar-refractivity contribution in [3.63, 3.8) is 0 Å². The Bertz CT molecular complexity index is 743. The van der Waals surface area contributed by atoms with Gasteiger partial charge in [-0.15, -0.1) is 0 Å². The summed E-state index contributed by atoms with van der Waals surface area (Å²) in [6, 6.07) is 4.19. The minimum atomic E-state index is -0.483. The van der Waals surface area contributed by atoms with Crippen molar-refractivity contribution in [2.45, 2.75) is 63.6 Å². The Labute approximate surface area is 158 Å². The molecule has 1 heterocycles. The van der Waals surface area contributed by atoms with E-state index in [-0.39, 0.29) is 29.6 Å². The van der Waals surface area contributed by atoms with Gasteiger partial charge in [0.1, 0.15) is 6.04 Å². The average Bonchev–Trinajstić information content (AvgIpc) is 3.12. The van der Waals surface area contributed by atoms with Crippen molar-refractivity contribution in [3.05, 3.63) is 39.4 Å². The minimum absolute atomic E-state index is 0.0160. The van der Waals surface area contributed by atoms with Crippen LogP contribution in [0.2, 0.25) is 0 Å². The number of likely N-dealkylation sites (tertiary alicyclic amines) is 1. The molecule has 8 heteroatoms. The van der Waals surface area contributed by atoms with Gasteiger partial charge in [0.2, 0.25) is 5.91 Å². The fourth-order valence-corrected chi connectivity index (χ4v) is 4.00. The van der Waals surface area contributed by atoms with Gasteiger partial charge in [-0.2, -0.15) is 0 Å². The fraction of sp³-hybridized carbons (Fsp3) is 0.579. The molecule has 0 radical (unpaired) electrons. The molecule has 2 amide bonds. The highest BCUT2D eigenvalue weighted by molar-refractivity contribution is 5.98. The van der Waals surface area contributed by atoms with Crippen LogP contribution in [-0.4, -0.2) is 46.3 Å². The van der Waals surface area contributed by atoms with E-state index >= 15 is 0 Å². The topological polar surface area (TPSA) is 119 Å². The quantitative estimate of drug-likeness (QED) is 0.616. The molecule has 0 aromatic heterocycles. The number of amides is 2. The van der Waals surface area contributed by atoms with Crippen molar-refractivity contribution in [1.82, 2.24) is 10.2 Å². The summed E-state index contributed by atoms with van der Waals surface area (Å²) in [5.74, 6) is -0.365. The Hall–Kier alpha value is -2.48. The lowest BCUT2D eigenvalue weighted by atomic mass is 9.91. The van der Waals surface area contributed by atoms with Crippen LogP contribution >= 0.6 is 0 Å². The average molecular weight is 374 g/mol. The lowest BCUT2D eigenvalue weighted by Crippen LogP contribution is -2.50. The van der Waals surface area contributed by atoms with Crippen LogP contribution in [0.4, 0.5) is 5.69 Å². The molecular weight excluding hydrogens is 348 g/mol. The number of carbonyl (C=O) groups is 2. The van der Waals surface area contributed by atoms with Gasteiger partial charge in [0.15, 0.2) is 0 Å². The Morgan fingerprint density at radius 2 is 1.93 bits per heavy atom. The second kappa shape index (κ2) is 8.04. The third-order valence-electron chi connectivity index (χ3n) is 5.57. The molecule has 146 valence electrons. The van der Waals surface area contributed by atoms with Crippen LogP contribution in [0.25, 0.3) is 0 Å². The van der Waals surface area contributed by atoms with Crippen LogP contribution in [-0.2, 0) is 4.79 Å². The molecule has 1 atom stereocenters. The second-order valence-electron chi connectivity index (χ2n) is 7.54.